The summed E-state index contributed by atoms with van der Waals surface area (Å²) < 4.78 is 8.67. The van der Waals surface area contributed by atoms with Crippen molar-refractivity contribution in [3.05, 3.63) is 137 Å². The van der Waals surface area contributed by atoms with Gasteiger partial charge in [-0.3, -0.25) is 4.79 Å². The largest absolute Gasteiger partial charge is 0.468 e. The highest BCUT2D eigenvalue weighted by Crippen LogP contribution is 2.49. The maximum atomic E-state index is 14.3. The van der Waals surface area contributed by atoms with Gasteiger partial charge in [0, 0.05) is 39.9 Å². The number of nitrogens with zero attached hydrogens (tertiary/aromatic N) is 1. The van der Waals surface area contributed by atoms with Gasteiger partial charge in [-0.15, -0.1) is 0 Å². The van der Waals surface area contributed by atoms with Gasteiger partial charge in [0.1, 0.15) is 5.41 Å². The van der Waals surface area contributed by atoms with Crippen molar-refractivity contribution < 1.29 is 9.53 Å². The lowest BCUT2D eigenvalue weighted by atomic mass is 9.66. The topological polar surface area (TPSA) is 43.3 Å². The van der Waals surface area contributed by atoms with Crippen LogP contribution in [0.3, 0.4) is 0 Å². The van der Waals surface area contributed by atoms with Crippen LogP contribution in [0.15, 0.2) is 120 Å². The predicted molar refractivity (Wildman–Crippen MR) is 149 cm³/mol. The quantitative estimate of drug-likeness (QED) is 0.222. The molecule has 0 amide bonds. The number of methoxy groups -OCH3 is 1. The Kier molecular flexibility index (Phi) is 6.66. The second-order valence-corrected chi connectivity index (χ2v) is 9.75. The second-order valence-electron chi connectivity index (χ2n) is 8.83. The van der Waals surface area contributed by atoms with Crippen molar-refractivity contribution in [2.75, 3.05) is 12.4 Å². The van der Waals surface area contributed by atoms with Crippen molar-refractivity contribution in [1.29, 1.82) is 0 Å². The molecule has 4 nitrogen and oxygen atoms in total. The third-order valence-corrected chi connectivity index (χ3v) is 7.31. The van der Waals surface area contributed by atoms with Gasteiger partial charge in [-0.25, -0.2) is 0 Å². The van der Waals surface area contributed by atoms with E-state index in [2.05, 4.69) is 56.3 Å². The average Bonchev–Trinajstić information content (AvgIpc) is 3.27. The highest BCUT2D eigenvalue weighted by atomic mass is 79.9. The monoisotopic (exact) mass is 538 g/mol. The fourth-order valence-corrected chi connectivity index (χ4v) is 5.41. The number of esters is 1. The zero-order valence-electron chi connectivity index (χ0n) is 20.2. The maximum absolute atomic E-state index is 14.3. The van der Waals surface area contributed by atoms with E-state index in [9.17, 15) is 4.79 Å². The van der Waals surface area contributed by atoms with Crippen LogP contribution in [0.2, 0.25) is 0 Å². The molecule has 5 aromatic rings. The van der Waals surface area contributed by atoms with E-state index in [1.54, 1.807) is 0 Å². The molecule has 0 saturated carbocycles. The molecule has 0 aliphatic carbocycles. The Morgan fingerprint density at radius 2 is 1.47 bits per heavy atom. The summed E-state index contributed by atoms with van der Waals surface area (Å²) in [6.07, 6.45) is 2.06. The molecular formula is C31H27BrN2O2. The summed E-state index contributed by atoms with van der Waals surface area (Å²) in [5.41, 5.74) is 3.45. The fraction of sp³-hybridized carbons (Fsp3) is 0.129. The summed E-state index contributed by atoms with van der Waals surface area (Å²) in [5.74, 6) is -0.335. The zero-order valence-corrected chi connectivity index (χ0v) is 21.8. The summed E-state index contributed by atoms with van der Waals surface area (Å²) in [5, 5.41) is 4.72. The van der Waals surface area contributed by atoms with Crippen LogP contribution < -0.4 is 5.32 Å². The van der Waals surface area contributed by atoms with Gasteiger partial charge in [0.25, 0.3) is 0 Å². The van der Waals surface area contributed by atoms with Crippen LogP contribution in [0.25, 0.3) is 10.9 Å². The van der Waals surface area contributed by atoms with Crippen molar-refractivity contribution in [3.63, 3.8) is 0 Å². The third kappa shape index (κ3) is 4.10. The third-order valence-electron chi connectivity index (χ3n) is 6.78. The van der Waals surface area contributed by atoms with Crippen LogP contribution in [0.1, 0.15) is 22.7 Å². The minimum Gasteiger partial charge on any atom is -0.468 e. The molecule has 0 saturated heterocycles. The lowest BCUT2D eigenvalue weighted by Gasteiger charge is -2.40. The molecule has 1 aromatic heterocycles. The number of nitrogens with one attached hydrogen (secondary N) is 1. The van der Waals surface area contributed by atoms with E-state index >= 15 is 0 Å². The van der Waals surface area contributed by atoms with Crippen LogP contribution in [-0.4, -0.2) is 17.6 Å². The van der Waals surface area contributed by atoms with Crippen molar-refractivity contribution in [2.45, 2.75) is 11.5 Å². The standard InChI is InChI=1S/C31H27BrN2O2/c1-34-21-27(26-15-9-10-16-28(26)34)31(30(35)36-2,23-17-19-24(32)20-18-23)29(22-11-5-3-6-12-22)33-25-13-7-4-8-14-25/h3-21,29,33H,1-2H3. The van der Waals surface area contributed by atoms with Crippen LogP contribution in [0.5, 0.6) is 0 Å². The lowest BCUT2D eigenvalue weighted by molar-refractivity contribution is -0.146. The highest BCUT2D eigenvalue weighted by Gasteiger charge is 2.52. The van der Waals surface area contributed by atoms with E-state index in [0.29, 0.717) is 0 Å². The SMILES string of the molecule is COC(=O)C(c1ccc(Br)cc1)(c1cn(C)c2ccccc12)C(Nc1ccccc1)c1ccccc1. The molecular weight excluding hydrogens is 512 g/mol. The van der Waals surface area contributed by atoms with E-state index in [1.807, 2.05) is 92.0 Å². The summed E-state index contributed by atoms with van der Waals surface area (Å²) in [4.78, 5) is 14.3. The number of anilines is 1. The Balaban J connectivity index is 1.90. The van der Waals surface area contributed by atoms with Crippen LogP contribution in [-0.2, 0) is 22.0 Å². The lowest BCUT2D eigenvalue weighted by Crippen LogP contribution is -2.46. The number of carbonyl (C=O) groups is 1. The smallest absolute Gasteiger partial charge is 0.323 e. The fourth-order valence-electron chi connectivity index (χ4n) is 5.14. The number of halogens is 1. The summed E-state index contributed by atoms with van der Waals surface area (Å²) in [7, 11) is 3.48. The Morgan fingerprint density at radius 3 is 2.14 bits per heavy atom. The Hall–Kier alpha value is -3.83. The molecule has 0 radical (unpaired) electrons. The van der Waals surface area contributed by atoms with Crippen molar-refractivity contribution in [3.8, 4) is 0 Å². The molecule has 0 aliphatic rings. The van der Waals surface area contributed by atoms with Crippen LogP contribution in [0, 0.1) is 0 Å². The van der Waals surface area contributed by atoms with E-state index in [0.717, 1.165) is 37.8 Å². The number of carbonyl (C=O) groups excluding carboxylic acids is 1. The normalized spacial score (nSPS) is 13.6. The molecule has 1 heterocycles. The van der Waals surface area contributed by atoms with Gasteiger partial charge >= 0.3 is 5.97 Å². The first-order valence-electron chi connectivity index (χ1n) is 11.8. The van der Waals surface area contributed by atoms with Gasteiger partial charge in [-0.2, -0.15) is 0 Å². The van der Waals surface area contributed by atoms with E-state index < -0.39 is 11.5 Å². The second kappa shape index (κ2) is 10.0. The number of benzene rings is 4. The molecule has 2 unspecified atom stereocenters. The number of hydrogen-bond acceptors (Lipinski definition) is 3. The summed E-state index contributed by atoms with van der Waals surface area (Å²) in [6, 6.07) is 35.8. The number of aryl methyl sites for hydroxylation is 1. The predicted octanol–water partition coefficient (Wildman–Crippen LogP) is 7.25. The van der Waals surface area contributed by atoms with Crippen LogP contribution >= 0.6 is 15.9 Å². The number of ether oxygens (including phenoxy) is 1. The van der Waals surface area contributed by atoms with E-state index in [1.165, 1.54) is 7.11 Å². The van der Waals surface area contributed by atoms with Gasteiger partial charge in [-0.05, 0) is 41.5 Å². The molecule has 36 heavy (non-hydrogen) atoms. The minimum atomic E-state index is -1.20. The Morgan fingerprint density at radius 1 is 0.861 bits per heavy atom. The Bertz CT molecular complexity index is 1480. The van der Waals surface area contributed by atoms with Crippen molar-refractivity contribution >= 4 is 38.5 Å². The van der Waals surface area contributed by atoms with Gasteiger partial charge < -0.3 is 14.6 Å². The molecule has 0 fully saturated rings. The molecule has 4 aromatic carbocycles. The van der Waals surface area contributed by atoms with Gasteiger partial charge in [-0.1, -0.05) is 94.8 Å². The summed E-state index contributed by atoms with van der Waals surface area (Å²) in [6.45, 7) is 0. The molecule has 0 spiro atoms. The number of hydrogen-bond donors (Lipinski definition) is 1. The zero-order chi connectivity index (χ0) is 25.1. The first-order chi connectivity index (χ1) is 17.6. The number of fused-ring (bicyclic) bond motifs is 1. The van der Waals surface area contributed by atoms with Gasteiger partial charge in [0.05, 0.1) is 13.2 Å². The first-order valence-corrected chi connectivity index (χ1v) is 12.6. The maximum Gasteiger partial charge on any atom is 0.323 e. The molecule has 5 heteroatoms. The molecule has 0 bridgehead atoms. The molecule has 1 N–H and O–H groups in total. The van der Waals surface area contributed by atoms with E-state index in [-0.39, 0.29) is 5.97 Å². The van der Waals surface area contributed by atoms with Gasteiger partial charge in [0.2, 0.25) is 0 Å². The first kappa shape index (κ1) is 23.9. The van der Waals surface area contributed by atoms with Crippen LogP contribution in [0.4, 0.5) is 5.69 Å². The number of para-hydroxylation sites is 2. The minimum absolute atomic E-state index is 0.335. The molecule has 2 atom stereocenters. The van der Waals surface area contributed by atoms with Gasteiger partial charge in [0.15, 0.2) is 0 Å². The summed E-state index contributed by atoms with van der Waals surface area (Å²) >= 11 is 3.57. The molecule has 180 valence electrons. The van der Waals surface area contributed by atoms with E-state index in [4.69, 9.17) is 4.74 Å². The number of rotatable bonds is 7. The highest BCUT2D eigenvalue weighted by molar-refractivity contribution is 9.10. The molecule has 0 aliphatic heterocycles. The Labute approximate surface area is 219 Å². The van der Waals surface area contributed by atoms with Crippen molar-refractivity contribution in [1.82, 2.24) is 4.57 Å². The average molecular weight is 539 g/mol. The molecule has 5 rings (SSSR count). The number of aromatic nitrogens is 1. The van der Waals surface area contributed by atoms with Crippen molar-refractivity contribution in [2.24, 2.45) is 7.05 Å².